The van der Waals surface area contributed by atoms with Gasteiger partial charge in [-0.2, -0.15) is 0 Å². The maximum Gasteiger partial charge on any atom is 0.185 e. The van der Waals surface area contributed by atoms with Gasteiger partial charge in [-0.25, -0.2) is 0 Å². The monoisotopic (exact) mass is 1120 g/mol. The Morgan fingerprint density at radius 3 is 0.797 bits per heavy atom. The molecule has 19 heteroatoms. The van der Waals surface area contributed by atoms with E-state index in [1.165, 1.54) is 32.7 Å². The van der Waals surface area contributed by atoms with Crippen LogP contribution in [0.25, 0.3) is 44.1 Å². The second-order valence-electron chi connectivity index (χ2n) is 13.9. The number of pyridine rings is 2. The molecule has 0 spiro atoms. The van der Waals surface area contributed by atoms with Gasteiger partial charge in [0, 0.05) is 54.4 Å². The summed E-state index contributed by atoms with van der Waals surface area (Å²) in [6, 6.07) is 41.3. The zero-order valence-corrected chi connectivity index (χ0v) is 39.7. The van der Waals surface area contributed by atoms with Gasteiger partial charge in [0.25, 0.3) is 0 Å². The molecule has 0 unspecified atom stereocenters. The molecule has 6 rings (SSSR count). The zero-order chi connectivity index (χ0) is 51.3. The number of benzene rings is 4. The Hall–Kier alpha value is -8.41. The van der Waals surface area contributed by atoms with Crippen LogP contribution in [0.2, 0.25) is 0 Å². The number of Topliss-reactive ketones (excluding diaryl/α,β-unsaturated/α-hetero) is 8. The number of rotatable bonds is 14. The summed E-state index contributed by atoms with van der Waals surface area (Å²) in [5.74, 6) is -13.7. The third kappa shape index (κ3) is 24.6. The number of carboxylic acid groups (broad SMARTS) is 4. The number of carboxylic acids is 4. The van der Waals surface area contributed by atoms with Crippen molar-refractivity contribution >= 4 is 91.7 Å². The van der Waals surface area contributed by atoms with Gasteiger partial charge in [0.1, 0.15) is 47.0 Å². The fraction of sp³-hybridized carbons (Fsp3) is 0.160. The molecule has 0 aliphatic rings. The van der Waals surface area contributed by atoms with E-state index in [1.54, 1.807) is 0 Å². The van der Waals surface area contributed by atoms with Crippen molar-refractivity contribution in [3.8, 4) is 22.5 Å². The summed E-state index contributed by atoms with van der Waals surface area (Å²) in [7, 11) is 0. The van der Waals surface area contributed by atoms with E-state index >= 15 is 0 Å². The Morgan fingerprint density at radius 1 is 0.348 bits per heavy atom. The van der Waals surface area contributed by atoms with Gasteiger partial charge in [0.05, 0.1) is 37.1 Å². The third-order valence-corrected chi connectivity index (χ3v) is 7.99. The molecule has 0 amide bonds. The average molecular weight is 1120 g/mol. The van der Waals surface area contributed by atoms with Crippen molar-refractivity contribution in [3.63, 3.8) is 0 Å². The van der Waals surface area contributed by atoms with Crippen molar-refractivity contribution in [2.45, 2.75) is 53.4 Å². The van der Waals surface area contributed by atoms with Crippen LogP contribution >= 0.6 is 0 Å². The Kier molecular flexibility index (Phi) is 28.4. The van der Waals surface area contributed by atoms with E-state index in [-0.39, 0.29) is 20.1 Å². The van der Waals surface area contributed by atoms with Gasteiger partial charge in [-0.3, -0.25) is 48.3 Å². The molecular weight excluding hydrogens is 1080 g/mol. The van der Waals surface area contributed by atoms with Crippen molar-refractivity contribution in [1.29, 1.82) is 0 Å². The molecule has 1 radical (unpaired) electrons. The molecule has 0 bridgehead atoms. The van der Waals surface area contributed by atoms with Gasteiger partial charge in [-0.05, 0) is 50.6 Å². The van der Waals surface area contributed by atoms with Crippen LogP contribution in [0, 0.1) is 0 Å². The zero-order valence-electron chi connectivity index (χ0n) is 37.3. The van der Waals surface area contributed by atoms with Crippen molar-refractivity contribution < 1.29 is 98.1 Å². The molecule has 0 saturated heterocycles. The Morgan fingerprint density at radius 2 is 0.580 bits per heavy atom. The van der Waals surface area contributed by atoms with Gasteiger partial charge < -0.3 is 39.6 Å². The Bertz CT molecular complexity index is 2520. The molecule has 4 aromatic carbocycles. The molecule has 0 aliphatic heterocycles. The Labute approximate surface area is 407 Å². The average Bonchev–Trinajstić information content (AvgIpc) is 3.29. The van der Waals surface area contributed by atoms with Crippen LogP contribution < -0.4 is 20.4 Å². The van der Waals surface area contributed by atoms with Gasteiger partial charge in [-0.15, -0.1) is 0 Å². The van der Waals surface area contributed by atoms with E-state index < -0.39 is 95.8 Å². The van der Waals surface area contributed by atoms with Crippen LogP contribution in [0.5, 0.6) is 0 Å². The van der Waals surface area contributed by atoms with Gasteiger partial charge in [0.15, 0.2) is 23.1 Å². The van der Waals surface area contributed by atoms with Crippen LogP contribution in [0.15, 0.2) is 134 Å². The second kappa shape index (κ2) is 32.3. The third-order valence-electron chi connectivity index (χ3n) is 7.99. The second-order valence-corrected chi connectivity index (χ2v) is 13.9. The molecule has 0 fully saturated rings. The topological polar surface area (TPSA) is 323 Å². The number of hydrogen-bond acceptors (Lipinski definition) is 18. The maximum absolute atomic E-state index is 10.1. The summed E-state index contributed by atoms with van der Waals surface area (Å²) in [5.41, 5.74) is 4.44. The van der Waals surface area contributed by atoms with Crippen molar-refractivity contribution in [3.05, 3.63) is 134 Å². The number of nitrogens with zero attached hydrogens (tertiary/aromatic N) is 2. The van der Waals surface area contributed by atoms with Gasteiger partial charge in [0.2, 0.25) is 0 Å². The molecule has 0 saturated carbocycles. The minimum atomic E-state index is -1.80. The summed E-state index contributed by atoms with van der Waals surface area (Å²) in [4.78, 5) is 128. The SMILES string of the molecule is CC(=O)CC(=O)C(=O)[O-].CC(=O)CC(=O)C(=O)[O-].CC(=O)CC(=O)C(=O)[O-].CC(=O)CC(=O)C(=O)[O-].[Ir].c1ccc(-c2nccc3ccccc23)cc1.c1ccc(-c2nccc3ccccc23)cc1. The van der Waals surface area contributed by atoms with Crippen LogP contribution in [0.3, 0.4) is 0 Å². The smallest absolute Gasteiger partial charge is 0.185 e. The predicted octanol–water partition coefficient (Wildman–Crippen LogP) is 0.939. The summed E-state index contributed by atoms with van der Waals surface area (Å²) in [6.07, 6.45) is 1.46. The number of hydrogen-bond donors (Lipinski definition) is 0. The van der Waals surface area contributed by atoms with Gasteiger partial charge in [-0.1, -0.05) is 109 Å². The summed E-state index contributed by atoms with van der Waals surface area (Å²) in [6.45, 7) is 4.56. The van der Waals surface area contributed by atoms with E-state index in [9.17, 15) is 78.0 Å². The predicted molar refractivity (Wildman–Crippen MR) is 236 cm³/mol. The van der Waals surface area contributed by atoms with E-state index in [2.05, 4.69) is 82.8 Å². The number of aliphatic carboxylic acids is 4. The molecule has 2 aromatic heterocycles. The Balaban J connectivity index is 0.000000825. The molecule has 361 valence electrons. The fourth-order valence-electron chi connectivity index (χ4n) is 5.08. The van der Waals surface area contributed by atoms with Crippen LogP contribution in [-0.2, 0) is 77.6 Å². The molecule has 0 N–H and O–H groups in total. The standard InChI is InChI=1S/2C15H11N.4C5H6O4.Ir/c2*1-2-7-13(8-3-1)15-14-9-5-4-6-12(14)10-11-16-15;4*1-3(6)2-4(7)5(8)9;/h2*1-11H;4*2H2,1H3,(H,8,9);/p-4. The van der Waals surface area contributed by atoms with Crippen LogP contribution in [0.1, 0.15) is 53.4 Å². The van der Waals surface area contributed by atoms with Crippen molar-refractivity contribution in [1.82, 2.24) is 9.97 Å². The number of aromatic nitrogens is 2. The number of carbonyl (C=O) groups is 12. The molecule has 0 atom stereocenters. The number of fused-ring (bicyclic) bond motifs is 2. The van der Waals surface area contributed by atoms with E-state index in [4.69, 9.17) is 0 Å². The maximum atomic E-state index is 10.1. The summed E-state index contributed by atoms with van der Waals surface area (Å²) >= 11 is 0. The fourth-order valence-corrected chi connectivity index (χ4v) is 5.08. The minimum Gasteiger partial charge on any atom is -0.542 e. The number of carbonyl (C=O) groups excluding carboxylic acids is 12. The molecule has 0 aliphatic carbocycles. The molecule has 69 heavy (non-hydrogen) atoms. The van der Waals surface area contributed by atoms with Crippen LogP contribution in [-0.4, -0.2) is 80.1 Å². The first kappa shape index (κ1) is 60.6. The number of ketones is 8. The summed E-state index contributed by atoms with van der Waals surface area (Å²) < 4.78 is 0. The summed E-state index contributed by atoms with van der Waals surface area (Å²) in [5, 5.41) is 43.4. The first-order valence-corrected chi connectivity index (χ1v) is 19.8. The van der Waals surface area contributed by atoms with Gasteiger partial charge >= 0.3 is 0 Å². The largest absolute Gasteiger partial charge is 0.542 e. The normalized spacial score (nSPS) is 9.33. The molecule has 2 heterocycles. The van der Waals surface area contributed by atoms with E-state index in [0.717, 1.165) is 39.1 Å². The molecule has 6 aromatic rings. The first-order chi connectivity index (χ1) is 32.0. The van der Waals surface area contributed by atoms with Crippen LogP contribution in [0.4, 0.5) is 0 Å². The minimum absolute atomic E-state index is 0. The van der Waals surface area contributed by atoms with Crippen molar-refractivity contribution in [2.24, 2.45) is 0 Å². The van der Waals surface area contributed by atoms with E-state index in [0.29, 0.717) is 0 Å². The first-order valence-electron chi connectivity index (χ1n) is 19.8. The van der Waals surface area contributed by atoms with E-state index in [1.807, 2.05) is 60.9 Å². The molecule has 18 nitrogen and oxygen atoms in total. The van der Waals surface area contributed by atoms with Crippen molar-refractivity contribution in [2.75, 3.05) is 0 Å². The molecular formula is C50H42IrN2O16-4. The quantitative estimate of drug-likeness (QED) is 0.108.